The second-order valence-electron chi connectivity index (χ2n) is 9.99. The minimum atomic E-state index is -4.09. The number of carbonyl (C=O) groups excluding carboxylic acids is 2. The summed E-state index contributed by atoms with van der Waals surface area (Å²) in [6.45, 7) is 8.16. The monoisotopic (exact) mass is 585 g/mol. The molecule has 0 heterocycles. The lowest BCUT2D eigenvalue weighted by atomic mass is 10.2. The highest BCUT2D eigenvalue weighted by Gasteiger charge is 2.28. The van der Waals surface area contributed by atoms with E-state index in [-0.39, 0.29) is 17.2 Å². The second kappa shape index (κ2) is 13.0. The third-order valence-corrected chi connectivity index (χ3v) is 7.40. The first-order valence-electron chi connectivity index (χ1n) is 12.4. The van der Waals surface area contributed by atoms with Gasteiger partial charge in [-0.3, -0.25) is 9.10 Å². The molecule has 3 rings (SSSR count). The van der Waals surface area contributed by atoms with Gasteiger partial charge in [0.1, 0.15) is 17.9 Å². The first-order chi connectivity index (χ1) is 18.7. The molecule has 0 atom stereocenters. The van der Waals surface area contributed by atoms with Crippen LogP contribution in [-0.2, 0) is 24.3 Å². The Balaban J connectivity index is 1.69. The van der Waals surface area contributed by atoms with Crippen LogP contribution in [0.4, 0.5) is 5.69 Å². The quantitative estimate of drug-likeness (QED) is 0.203. The number of aryl methyl sites for hydroxylation is 2. The average molecular weight is 586 g/mol. The summed E-state index contributed by atoms with van der Waals surface area (Å²) in [7, 11) is -4.09. The van der Waals surface area contributed by atoms with Crippen molar-refractivity contribution >= 4 is 45.4 Å². The highest BCUT2D eigenvalue weighted by molar-refractivity contribution is 7.92. The molecule has 3 aromatic rings. The zero-order chi connectivity index (χ0) is 29.5. The van der Waals surface area contributed by atoms with Crippen molar-refractivity contribution in [2.45, 2.75) is 45.1 Å². The Kier molecular flexibility index (Phi) is 9.94. The molecule has 9 nitrogen and oxygen atoms in total. The number of halogens is 1. The van der Waals surface area contributed by atoms with Gasteiger partial charge in [-0.2, -0.15) is 5.10 Å². The van der Waals surface area contributed by atoms with Crippen LogP contribution in [0.2, 0.25) is 5.02 Å². The molecular formula is C29H32ClN3O6S. The van der Waals surface area contributed by atoms with Gasteiger partial charge in [0.2, 0.25) is 0 Å². The zero-order valence-corrected chi connectivity index (χ0v) is 24.5. The summed E-state index contributed by atoms with van der Waals surface area (Å²) >= 11 is 6.16. The summed E-state index contributed by atoms with van der Waals surface area (Å²) in [6.07, 6.45) is 1.40. The lowest BCUT2D eigenvalue weighted by Crippen LogP contribution is -2.40. The minimum absolute atomic E-state index is 0.0442. The van der Waals surface area contributed by atoms with Gasteiger partial charge in [0.25, 0.3) is 15.9 Å². The van der Waals surface area contributed by atoms with E-state index in [4.69, 9.17) is 21.1 Å². The zero-order valence-electron chi connectivity index (χ0n) is 23.0. The summed E-state index contributed by atoms with van der Waals surface area (Å²) in [5, 5.41) is 4.29. The van der Waals surface area contributed by atoms with Gasteiger partial charge in [-0.1, -0.05) is 35.4 Å². The Morgan fingerprint density at radius 1 is 1.00 bits per heavy atom. The van der Waals surface area contributed by atoms with E-state index in [1.54, 1.807) is 76.2 Å². The minimum Gasteiger partial charge on any atom is -0.482 e. The molecule has 0 aromatic heterocycles. The van der Waals surface area contributed by atoms with Crippen LogP contribution < -0.4 is 14.5 Å². The molecule has 0 radical (unpaired) electrons. The number of nitrogens with zero attached hydrogens (tertiary/aromatic N) is 2. The van der Waals surface area contributed by atoms with Crippen molar-refractivity contribution in [1.29, 1.82) is 0 Å². The molecule has 212 valence electrons. The number of hydrogen-bond donors (Lipinski definition) is 1. The summed E-state index contributed by atoms with van der Waals surface area (Å²) in [6, 6.07) is 17.9. The first-order valence-corrected chi connectivity index (χ1v) is 14.2. The number of hydrogen-bond acceptors (Lipinski definition) is 7. The number of anilines is 1. The van der Waals surface area contributed by atoms with Crippen molar-refractivity contribution in [3.63, 3.8) is 0 Å². The fourth-order valence-electron chi connectivity index (χ4n) is 3.50. The molecule has 0 saturated heterocycles. The maximum Gasteiger partial charge on any atom is 0.344 e. The maximum absolute atomic E-state index is 13.6. The van der Waals surface area contributed by atoms with Crippen LogP contribution in [0, 0.1) is 13.8 Å². The maximum atomic E-state index is 13.6. The summed E-state index contributed by atoms with van der Waals surface area (Å²) in [5.74, 6) is -0.670. The van der Waals surface area contributed by atoms with Crippen molar-refractivity contribution < 1.29 is 27.5 Å². The number of benzene rings is 3. The van der Waals surface area contributed by atoms with E-state index in [9.17, 15) is 18.0 Å². The summed E-state index contributed by atoms with van der Waals surface area (Å²) < 4.78 is 38.8. The van der Waals surface area contributed by atoms with Gasteiger partial charge in [-0.05, 0) is 94.3 Å². The van der Waals surface area contributed by atoms with Gasteiger partial charge in [-0.25, -0.2) is 18.6 Å². The fourth-order valence-corrected chi connectivity index (χ4v) is 5.14. The molecule has 3 aromatic carbocycles. The number of rotatable bonds is 10. The highest BCUT2D eigenvalue weighted by atomic mass is 35.5. The molecule has 0 aliphatic rings. The van der Waals surface area contributed by atoms with Crippen molar-refractivity contribution in [1.82, 2.24) is 5.43 Å². The van der Waals surface area contributed by atoms with E-state index in [2.05, 4.69) is 10.5 Å². The third-order valence-electron chi connectivity index (χ3n) is 5.40. The van der Waals surface area contributed by atoms with Crippen LogP contribution in [0.25, 0.3) is 0 Å². The van der Waals surface area contributed by atoms with Gasteiger partial charge in [0, 0.05) is 5.02 Å². The third kappa shape index (κ3) is 8.82. The number of esters is 1. The molecule has 40 heavy (non-hydrogen) atoms. The Morgan fingerprint density at radius 3 is 2.27 bits per heavy atom. The Labute approximate surface area is 239 Å². The van der Waals surface area contributed by atoms with E-state index in [0.29, 0.717) is 21.9 Å². The lowest BCUT2D eigenvalue weighted by molar-refractivity contribution is -0.157. The Bertz CT molecular complexity index is 1480. The van der Waals surface area contributed by atoms with E-state index in [1.807, 2.05) is 6.92 Å². The van der Waals surface area contributed by atoms with Gasteiger partial charge in [0.05, 0.1) is 16.8 Å². The van der Waals surface area contributed by atoms with Crippen molar-refractivity contribution in [2.75, 3.05) is 17.5 Å². The molecule has 0 bridgehead atoms. The normalized spacial score (nSPS) is 11.8. The predicted octanol–water partition coefficient (Wildman–Crippen LogP) is 5.02. The fraction of sp³-hybridized carbons (Fsp3) is 0.276. The highest BCUT2D eigenvalue weighted by Crippen LogP contribution is 2.29. The number of hydrazone groups is 1. The largest absolute Gasteiger partial charge is 0.482 e. The van der Waals surface area contributed by atoms with Crippen molar-refractivity contribution in [3.8, 4) is 5.75 Å². The topological polar surface area (TPSA) is 114 Å². The Hall–Kier alpha value is -3.89. The van der Waals surface area contributed by atoms with Gasteiger partial charge >= 0.3 is 5.97 Å². The first kappa shape index (κ1) is 30.6. The van der Waals surface area contributed by atoms with Gasteiger partial charge in [0.15, 0.2) is 6.61 Å². The van der Waals surface area contributed by atoms with E-state index < -0.39 is 34.0 Å². The van der Waals surface area contributed by atoms with Gasteiger partial charge in [-0.15, -0.1) is 0 Å². The number of nitrogens with one attached hydrogen (secondary N) is 1. The lowest BCUT2D eigenvalue weighted by Gasteiger charge is -2.25. The van der Waals surface area contributed by atoms with Crippen LogP contribution in [0.1, 0.15) is 37.5 Å². The summed E-state index contributed by atoms with van der Waals surface area (Å²) in [4.78, 5) is 24.7. The van der Waals surface area contributed by atoms with Crippen molar-refractivity contribution in [2.24, 2.45) is 5.10 Å². The van der Waals surface area contributed by atoms with Crippen LogP contribution in [0.15, 0.2) is 76.7 Å². The molecule has 0 spiro atoms. The molecule has 0 unspecified atom stereocenters. The second-order valence-corrected chi connectivity index (χ2v) is 12.3. The van der Waals surface area contributed by atoms with Crippen molar-refractivity contribution in [3.05, 3.63) is 88.4 Å². The van der Waals surface area contributed by atoms with E-state index in [0.717, 1.165) is 9.87 Å². The SMILES string of the molecule is Cc1ccc(S(=O)(=O)N(CC(=O)N/N=C\c2ccc(OCC(=O)OC(C)(C)C)cc2)c2cc(Cl)ccc2C)cc1. The predicted molar refractivity (Wildman–Crippen MR) is 155 cm³/mol. The molecule has 11 heteroatoms. The molecule has 0 aliphatic heterocycles. The summed E-state index contributed by atoms with van der Waals surface area (Å²) in [5.41, 5.74) is 4.23. The van der Waals surface area contributed by atoms with Crippen LogP contribution in [-0.4, -0.2) is 45.3 Å². The van der Waals surface area contributed by atoms with E-state index in [1.165, 1.54) is 24.4 Å². The smallest absolute Gasteiger partial charge is 0.344 e. The van der Waals surface area contributed by atoms with Crippen LogP contribution in [0.5, 0.6) is 5.75 Å². The molecule has 1 N–H and O–H groups in total. The van der Waals surface area contributed by atoms with Crippen LogP contribution in [0.3, 0.4) is 0 Å². The number of ether oxygens (including phenoxy) is 2. The number of amides is 1. The Morgan fingerprint density at radius 2 is 1.65 bits per heavy atom. The molecule has 0 aliphatic carbocycles. The molecule has 1 amide bonds. The molecular weight excluding hydrogens is 554 g/mol. The van der Waals surface area contributed by atoms with Gasteiger partial charge < -0.3 is 9.47 Å². The number of sulfonamides is 1. The average Bonchev–Trinajstić information content (AvgIpc) is 2.87. The standard InChI is InChI=1S/C29H32ClN3O6S/c1-20-6-14-25(15-7-20)40(36,37)33(26-16-23(30)11-8-21(26)2)18-27(34)32-31-17-22-9-12-24(13-10-22)38-19-28(35)39-29(3,4)5/h6-17H,18-19H2,1-5H3,(H,32,34)/b31-17-. The van der Waals surface area contributed by atoms with Crippen LogP contribution >= 0.6 is 11.6 Å². The molecule has 0 saturated carbocycles. The van der Waals surface area contributed by atoms with E-state index >= 15 is 0 Å². The molecule has 0 fully saturated rings. The number of carbonyl (C=O) groups is 2.